The van der Waals surface area contributed by atoms with Gasteiger partial charge in [-0.3, -0.25) is 0 Å². The van der Waals surface area contributed by atoms with Crippen LogP contribution >= 0.6 is 0 Å². The largest absolute Gasteiger partial charge is 0.456 e. The second-order valence-electron chi connectivity index (χ2n) is 15.7. The molecule has 0 aliphatic rings. The lowest BCUT2D eigenvalue weighted by Gasteiger charge is -2.27. The van der Waals surface area contributed by atoms with Crippen LogP contribution in [0, 0.1) is 6.92 Å². The van der Waals surface area contributed by atoms with Crippen molar-refractivity contribution in [3.63, 3.8) is 0 Å². The van der Waals surface area contributed by atoms with Gasteiger partial charge in [-0.05, 0) is 93.9 Å². The van der Waals surface area contributed by atoms with E-state index in [-0.39, 0.29) is 0 Å². The molecule has 0 N–H and O–H groups in total. The third-order valence-electron chi connectivity index (χ3n) is 12.3. The molecule has 0 amide bonds. The van der Waals surface area contributed by atoms with Gasteiger partial charge >= 0.3 is 0 Å². The van der Waals surface area contributed by atoms with Gasteiger partial charge in [0.25, 0.3) is 0 Å². The second kappa shape index (κ2) is 13.6. The highest BCUT2D eigenvalue weighted by Gasteiger charge is 2.21. The molecule has 12 rings (SSSR count). The maximum absolute atomic E-state index is 6.47. The number of fused-ring (bicyclic) bond motifs is 9. The summed E-state index contributed by atoms with van der Waals surface area (Å²) in [6, 6.07) is 76.8. The Balaban J connectivity index is 1.01. The summed E-state index contributed by atoms with van der Waals surface area (Å²) in [6.07, 6.45) is 0. The summed E-state index contributed by atoms with van der Waals surface area (Å²) >= 11 is 0. The van der Waals surface area contributed by atoms with Crippen LogP contribution in [0.5, 0.6) is 0 Å². The summed E-state index contributed by atoms with van der Waals surface area (Å²) in [4.78, 5) is 2.36. The molecule has 3 heteroatoms. The molecule has 10 aromatic carbocycles. The summed E-state index contributed by atoms with van der Waals surface area (Å²) in [5.41, 5.74) is 14.5. The van der Waals surface area contributed by atoms with Gasteiger partial charge in [-0.15, -0.1) is 0 Å². The zero-order valence-corrected chi connectivity index (χ0v) is 33.0. The summed E-state index contributed by atoms with van der Waals surface area (Å²) in [5, 5.41) is 9.74. The van der Waals surface area contributed by atoms with Crippen LogP contribution in [0.3, 0.4) is 0 Å². The molecule has 3 nitrogen and oxygen atoms in total. The van der Waals surface area contributed by atoms with Gasteiger partial charge in [0.1, 0.15) is 11.2 Å². The number of aromatic nitrogens is 1. The summed E-state index contributed by atoms with van der Waals surface area (Å²) in [7, 11) is 0. The van der Waals surface area contributed by atoms with Crippen molar-refractivity contribution < 1.29 is 4.42 Å². The Morgan fingerprint density at radius 1 is 0.400 bits per heavy atom. The van der Waals surface area contributed by atoms with E-state index in [0.29, 0.717) is 0 Å². The van der Waals surface area contributed by atoms with Crippen LogP contribution in [0.25, 0.3) is 93.2 Å². The van der Waals surface area contributed by atoms with Gasteiger partial charge in [-0.1, -0.05) is 158 Å². The predicted molar refractivity (Wildman–Crippen MR) is 253 cm³/mol. The molecule has 0 bridgehead atoms. The molecule has 0 radical (unpaired) electrons. The lowest BCUT2D eigenvalue weighted by atomic mass is 9.98. The van der Waals surface area contributed by atoms with Crippen LogP contribution in [-0.2, 0) is 0 Å². The molecule has 2 aromatic heterocycles. The standard InChI is InChI=1S/C57H38N2O/c1-37-35-51-49-20-8-11-24-55(49)60-56(51)36-54(37)58(42-30-25-40(26-31-42)45-21-12-15-38-13-2-4-16-44(38)45)43-32-27-41(28-33-43)46-17-6-9-22-52(46)59-53-23-10-7-19-48(53)50-34-29-39-14-3-5-18-47(39)57(50)59/h2-36H,1H3. The third kappa shape index (κ3) is 5.37. The second-order valence-corrected chi connectivity index (χ2v) is 15.7. The van der Waals surface area contributed by atoms with Gasteiger partial charge in [0.2, 0.25) is 0 Å². The summed E-state index contributed by atoms with van der Waals surface area (Å²) < 4.78 is 8.94. The average molecular weight is 767 g/mol. The highest BCUT2D eigenvalue weighted by atomic mass is 16.3. The van der Waals surface area contributed by atoms with Gasteiger partial charge in [-0.25, -0.2) is 0 Å². The van der Waals surface area contributed by atoms with Crippen LogP contribution < -0.4 is 4.90 Å². The van der Waals surface area contributed by atoms with Crippen molar-refractivity contribution in [2.45, 2.75) is 6.92 Å². The lowest BCUT2D eigenvalue weighted by Crippen LogP contribution is -2.11. The molecule has 12 aromatic rings. The molecule has 0 aliphatic carbocycles. The van der Waals surface area contributed by atoms with Gasteiger partial charge < -0.3 is 13.9 Å². The Bertz CT molecular complexity index is 3600. The fraction of sp³-hybridized carbons (Fsp3) is 0.0175. The normalized spacial score (nSPS) is 11.8. The van der Waals surface area contributed by atoms with Crippen molar-refractivity contribution >= 4 is 82.4 Å². The van der Waals surface area contributed by atoms with Crippen molar-refractivity contribution in [2.75, 3.05) is 4.90 Å². The summed E-state index contributed by atoms with van der Waals surface area (Å²) in [6.45, 7) is 2.20. The number of aryl methyl sites for hydroxylation is 1. The molecule has 2 heterocycles. The number of anilines is 3. The van der Waals surface area contributed by atoms with Crippen molar-refractivity contribution in [3.8, 4) is 27.9 Å². The molecule has 0 saturated heterocycles. The number of hydrogen-bond donors (Lipinski definition) is 0. The molecule has 60 heavy (non-hydrogen) atoms. The maximum atomic E-state index is 6.47. The fourth-order valence-corrected chi connectivity index (χ4v) is 9.49. The fourth-order valence-electron chi connectivity index (χ4n) is 9.49. The average Bonchev–Trinajstić information content (AvgIpc) is 3.85. The van der Waals surface area contributed by atoms with Gasteiger partial charge in [0.05, 0.1) is 22.4 Å². The Morgan fingerprint density at radius 2 is 0.983 bits per heavy atom. The third-order valence-corrected chi connectivity index (χ3v) is 12.3. The molecule has 0 unspecified atom stereocenters. The molecule has 0 aliphatic heterocycles. The quantitative estimate of drug-likeness (QED) is 0.168. The van der Waals surface area contributed by atoms with E-state index in [0.717, 1.165) is 50.3 Å². The zero-order chi connectivity index (χ0) is 39.7. The van der Waals surface area contributed by atoms with Crippen LogP contribution in [0.1, 0.15) is 5.56 Å². The van der Waals surface area contributed by atoms with E-state index in [1.165, 1.54) is 65.6 Å². The van der Waals surface area contributed by atoms with Crippen molar-refractivity contribution in [1.29, 1.82) is 0 Å². The SMILES string of the molecule is Cc1cc2c(cc1N(c1ccc(-c3ccccc3-n3c4ccccc4c4ccc5ccccc5c43)cc1)c1ccc(-c3cccc4ccccc34)cc1)oc1ccccc12. The van der Waals surface area contributed by atoms with Gasteiger partial charge in [-0.2, -0.15) is 0 Å². The molecular weight excluding hydrogens is 729 g/mol. The van der Waals surface area contributed by atoms with E-state index in [1.807, 2.05) is 12.1 Å². The number of hydrogen-bond acceptors (Lipinski definition) is 2. The van der Waals surface area contributed by atoms with Crippen molar-refractivity contribution in [3.05, 3.63) is 218 Å². The van der Waals surface area contributed by atoms with E-state index in [1.54, 1.807) is 0 Å². The van der Waals surface area contributed by atoms with Crippen molar-refractivity contribution in [2.24, 2.45) is 0 Å². The molecule has 0 saturated carbocycles. The molecule has 0 atom stereocenters. The minimum Gasteiger partial charge on any atom is -0.456 e. The summed E-state index contributed by atoms with van der Waals surface area (Å²) in [5.74, 6) is 0. The number of para-hydroxylation sites is 3. The Labute approximate surface area is 347 Å². The van der Waals surface area contributed by atoms with E-state index in [9.17, 15) is 0 Å². The van der Waals surface area contributed by atoms with Crippen LogP contribution in [0.15, 0.2) is 217 Å². The Morgan fingerprint density at radius 3 is 1.77 bits per heavy atom. The van der Waals surface area contributed by atoms with Gasteiger partial charge in [0, 0.05) is 49.9 Å². The number of rotatable bonds is 6. The topological polar surface area (TPSA) is 21.3 Å². The first-order chi connectivity index (χ1) is 29.7. The number of benzene rings is 10. The minimum atomic E-state index is 0.874. The lowest BCUT2D eigenvalue weighted by molar-refractivity contribution is 0.669. The highest BCUT2D eigenvalue weighted by molar-refractivity contribution is 6.19. The van der Waals surface area contributed by atoms with Gasteiger partial charge in [0.15, 0.2) is 0 Å². The zero-order valence-electron chi connectivity index (χ0n) is 33.0. The number of nitrogens with zero attached hydrogens (tertiary/aromatic N) is 2. The van der Waals surface area contributed by atoms with E-state index >= 15 is 0 Å². The number of furan rings is 1. The van der Waals surface area contributed by atoms with Crippen LogP contribution in [0.2, 0.25) is 0 Å². The Kier molecular flexibility index (Phi) is 7.76. The molecular formula is C57H38N2O. The molecule has 0 spiro atoms. The highest BCUT2D eigenvalue weighted by Crippen LogP contribution is 2.44. The smallest absolute Gasteiger partial charge is 0.137 e. The first-order valence-electron chi connectivity index (χ1n) is 20.6. The van der Waals surface area contributed by atoms with E-state index in [2.05, 4.69) is 217 Å². The van der Waals surface area contributed by atoms with Crippen molar-refractivity contribution in [1.82, 2.24) is 4.57 Å². The van der Waals surface area contributed by atoms with Crippen LogP contribution in [0.4, 0.5) is 17.1 Å². The van der Waals surface area contributed by atoms with E-state index in [4.69, 9.17) is 4.42 Å². The first kappa shape index (κ1) is 34.2. The molecule has 282 valence electrons. The predicted octanol–water partition coefficient (Wildman–Crippen LogP) is 16.1. The Hall–Kier alpha value is -7.88. The first-order valence-corrected chi connectivity index (χ1v) is 20.6. The minimum absolute atomic E-state index is 0.874. The monoisotopic (exact) mass is 766 g/mol. The van der Waals surface area contributed by atoms with Crippen LogP contribution in [-0.4, -0.2) is 4.57 Å². The van der Waals surface area contributed by atoms with E-state index < -0.39 is 0 Å². The maximum Gasteiger partial charge on any atom is 0.137 e. The molecule has 0 fully saturated rings.